The number of hydrogen-bond donors (Lipinski definition) is 2. The molecule has 0 amide bonds. The van der Waals surface area contributed by atoms with Crippen LogP contribution in [-0.4, -0.2) is 28.8 Å². The number of rotatable bonds is 7. The van der Waals surface area contributed by atoms with Gasteiger partial charge in [-0.2, -0.15) is 0 Å². The van der Waals surface area contributed by atoms with E-state index in [1.54, 1.807) is 13.0 Å². The van der Waals surface area contributed by atoms with Crippen molar-refractivity contribution in [2.45, 2.75) is 39.3 Å². The van der Waals surface area contributed by atoms with Gasteiger partial charge < -0.3 is 15.2 Å². The monoisotopic (exact) mass is 268 g/mol. The van der Waals surface area contributed by atoms with Gasteiger partial charge in [0.1, 0.15) is 5.75 Å². The van der Waals surface area contributed by atoms with E-state index in [9.17, 15) is 15.2 Å². The molecule has 2 N–H and O–H groups in total. The van der Waals surface area contributed by atoms with Crippen molar-refractivity contribution in [2.75, 3.05) is 11.9 Å². The number of nitro benzene ring substituents is 1. The summed E-state index contributed by atoms with van der Waals surface area (Å²) in [4.78, 5) is 10.4. The molecule has 0 aliphatic heterocycles. The number of anilines is 1. The van der Waals surface area contributed by atoms with Gasteiger partial charge in [-0.3, -0.25) is 10.1 Å². The van der Waals surface area contributed by atoms with E-state index in [0.717, 1.165) is 0 Å². The SMILES string of the molecule is CCOc1cc(NC(C)CC(C)O)cc([N+](=O)[O-])c1. The van der Waals surface area contributed by atoms with Crippen LogP contribution >= 0.6 is 0 Å². The molecule has 1 aromatic carbocycles. The molecule has 2 atom stereocenters. The molecule has 6 heteroatoms. The molecule has 0 radical (unpaired) electrons. The van der Waals surface area contributed by atoms with E-state index in [2.05, 4.69) is 5.32 Å². The molecule has 106 valence electrons. The molecule has 0 aliphatic rings. The topological polar surface area (TPSA) is 84.6 Å². The third-order valence-electron chi connectivity index (χ3n) is 2.52. The van der Waals surface area contributed by atoms with Crippen LogP contribution in [0.25, 0.3) is 0 Å². The maximum atomic E-state index is 10.9. The van der Waals surface area contributed by atoms with Gasteiger partial charge in [-0.1, -0.05) is 0 Å². The lowest BCUT2D eigenvalue weighted by atomic mass is 10.1. The lowest BCUT2D eigenvalue weighted by molar-refractivity contribution is -0.384. The summed E-state index contributed by atoms with van der Waals surface area (Å²) in [6.45, 7) is 5.88. The molecule has 0 bridgehead atoms. The lowest BCUT2D eigenvalue weighted by Crippen LogP contribution is -2.20. The van der Waals surface area contributed by atoms with Crippen LogP contribution < -0.4 is 10.1 Å². The normalized spacial score (nSPS) is 13.7. The molecule has 6 nitrogen and oxygen atoms in total. The highest BCUT2D eigenvalue weighted by Crippen LogP contribution is 2.26. The van der Waals surface area contributed by atoms with Gasteiger partial charge in [-0.25, -0.2) is 0 Å². The average Bonchev–Trinajstić information content (AvgIpc) is 2.27. The van der Waals surface area contributed by atoms with Crippen molar-refractivity contribution >= 4 is 11.4 Å². The minimum Gasteiger partial charge on any atom is -0.494 e. The summed E-state index contributed by atoms with van der Waals surface area (Å²) in [5.74, 6) is 0.462. The Morgan fingerprint density at radius 2 is 2.11 bits per heavy atom. The quantitative estimate of drug-likeness (QED) is 0.586. The fourth-order valence-electron chi connectivity index (χ4n) is 1.88. The largest absolute Gasteiger partial charge is 0.494 e. The van der Waals surface area contributed by atoms with Gasteiger partial charge >= 0.3 is 0 Å². The first-order chi connectivity index (χ1) is 8.92. The predicted octanol–water partition coefficient (Wildman–Crippen LogP) is 2.56. The smallest absolute Gasteiger partial charge is 0.275 e. The Morgan fingerprint density at radius 1 is 1.42 bits per heavy atom. The van der Waals surface area contributed by atoms with Crippen LogP contribution in [0, 0.1) is 10.1 Å². The van der Waals surface area contributed by atoms with Crippen molar-refractivity contribution in [2.24, 2.45) is 0 Å². The van der Waals surface area contributed by atoms with Gasteiger partial charge in [0, 0.05) is 23.9 Å². The Hall–Kier alpha value is -1.82. The molecule has 2 unspecified atom stereocenters. The van der Waals surface area contributed by atoms with Crippen LogP contribution in [0.15, 0.2) is 18.2 Å². The third kappa shape index (κ3) is 5.13. The second-order valence-electron chi connectivity index (χ2n) is 4.54. The average molecular weight is 268 g/mol. The first-order valence-corrected chi connectivity index (χ1v) is 6.29. The molecule has 0 spiro atoms. The number of nitro groups is 1. The summed E-state index contributed by atoms with van der Waals surface area (Å²) in [7, 11) is 0. The molecule has 19 heavy (non-hydrogen) atoms. The maximum absolute atomic E-state index is 10.9. The first-order valence-electron chi connectivity index (χ1n) is 6.29. The number of non-ortho nitro benzene ring substituents is 1. The van der Waals surface area contributed by atoms with Gasteiger partial charge in [0.2, 0.25) is 0 Å². The van der Waals surface area contributed by atoms with Crippen molar-refractivity contribution in [3.63, 3.8) is 0 Å². The Kier molecular flexibility index (Phi) is 5.57. The van der Waals surface area contributed by atoms with Crippen LogP contribution in [0.1, 0.15) is 27.2 Å². The molecule has 0 aliphatic carbocycles. The minimum absolute atomic E-state index is 0.0106. The molecule has 0 saturated carbocycles. The first kappa shape index (κ1) is 15.2. The highest BCUT2D eigenvalue weighted by Gasteiger charge is 2.12. The van der Waals surface area contributed by atoms with Crippen molar-refractivity contribution in [1.82, 2.24) is 0 Å². The van der Waals surface area contributed by atoms with E-state index in [1.165, 1.54) is 12.1 Å². The fraction of sp³-hybridized carbons (Fsp3) is 0.538. The third-order valence-corrected chi connectivity index (χ3v) is 2.52. The summed E-state index contributed by atoms with van der Waals surface area (Å²) in [5.41, 5.74) is 0.600. The zero-order valence-corrected chi connectivity index (χ0v) is 11.4. The summed E-state index contributed by atoms with van der Waals surface area (Å²) < 4.78 is 5.31. The van der Waals surface area contributed by atoms with Gasteiger partial charge in [-0.05, 0) is 27.2 Å². The van der Waals surface area contributed by atoms with E-state index in [4.69, 9.17) is 4.74 Å². The molecule has 0 fully saturated rings. The Bertz CT molecular complexity index is 435. The number of nitrogens with zero attached hydrogens (tertiary/aromatic N) is 1. The summed E-state index contributed by atoms with van der Waals surface area (Å²) >= 11 is 0. The molecule has 0 saturated heterocycles. The molecular formula is C13H20N2O4. The minimum atomic E-state index is -0.451. The van der Waals surface area contributed by atoms with Crippen LogP contribution in [0.2, 0.25) is 0 Å². The van der Waals surface area contributed by atoms with Crippen LogP contribution in [0.4, 0.5) is 11.4 Å². The number of nitrogens with one attached hydrogen (secondary N) is 1. The van der Waals surface area contributed by atoms with Crippen molar-refractivity contribution in [3.8, 4) is 5.75 Å². The Balaban J connectivity index is 2.89. The summed E-state index contributed by atoms with van der Waals surface area (Å²) in [6, 6.07) is 4.58. The number of benzene rings is 1. The highest BCUT2D eigenvalue weighted by molar-refractivity contribution is 5.56. The maximum Gasteiger partial charge on any atom is 0.275 e. The zero-order valence-electron chi connectivity index (χ0n) is 11.4. The fourth-order valence-corrected chi connectivity index (χ4v) is 1.88. The number of hydrogen-bond acceptors (Lipinski definition) is 5. The highest BCUT2D eigenvalue weighted by atomic mass is 16.6. The van der Waals surface area contributed by atoms with Gasteiger partial charge in [0.25, 0.3) is 5.69 Å². The van der Waals surface area contributed by atoms with Crippen LogP contribution in [-0.2, 0) is 0 Å². The standard InChI is InChI=1S/C13H20N2O4/c1-4-19-13-7-11(6-12(8-13)15(17)18)14-9(2)5-10(3)16/h6-10,14,16H,4-5H2,1-3H3. The summed E-state index contributed by atoms with van der Waals surface area (Å²) in [6.07, 6.45) is 0.139. The second kappa shape index (κ2) is 6.94. The van der Waals surface area contributed by atoms with Crippen molar-refractivity contribution in [1.29, 1.82) is 0 Å². The molecule has 0 heterocycles. The second-order valence-corrected chi connectivity index (χ2v) is 4.54. The Morgan fingerprint density at radius 3 is 2.63 bits per heavy atom. The van der Waals surface area contributed by atoms with E-state index < -0.39 is 11.0 Å². The molecule has 1 rings (SSSR count). The van der Waals surface area contributed by atoms with Crippen LogP contribution in [0.3, 0.4) is 0 Å². The molecular weight excluding hydrogens is 248 g/mol. The van der Waals surface area contributed by atoms with Gasteiger partial charge in [0.05, 0.1) is 23.7 Å². The molecule has 0 aromatic heterocycles. The summed E-state index contributed by atoms with van der Waals surface area (Å²) in [5, 5.41) is 23.3. The predicted molar refractivity (Wildman–Crippen MR) is 73.6 cm³/mol. The number of aliphatic hydroxyl groups excluding tert-OH is 1. The Labute approximate surface area is 112 Å². The van der Waals surface area contributed by atoms with E-state index in [0.29, 0.717) is 24.5 Å². The number of ether oxygens (including phenoxy) is 1. The lowest BCUT2D eigenvalue weighted by Gasteiger charge is -2.17. The van der Waals surface area contributed by atoms with E-state index in [1.807, 2.05) is 13.8 Å². The van der Waals surface area contributed by atoms with Crippen molar-refractivity contribution in [3.05, 3.63) is 28.3 Å². The van der Waals surface area contributed by atoms with Crippen molar-refractivity contribution < 1.29 is 14.8 Å². The van der Waals surface area contributed by atoms with E-state index >= 15 is 0 Å². The number of aliphatic hydroxyl groups is 1. The van der Waals surface area contributed by atoms with Gasteiger partial charge in [0.15, 0.2) is 0 Å². The zero-order chi connectivity index (χ0) is 14.4. The molecule has 1 aromatic rings. The van der Waals surface area contributed by atoms with E-state index in [-0.39, 0.29) is 11.7 Å². The van der Waals surface area contributed by atoms with Crippen LogP contribution in [0.5, 0.6) is 5.75 Å². The van der Waals surface area contributed by atoms with Gasteiger partial charge in [-0.15, -0.1) is 0 Å².